The van der Waals surface area contributed by atoms with E-state index in [1.807, 2.05) is 91.9 Å². The number of aromatic nitrogens is 1. The summed E-state index contributed by atoms with van der Waals surface area (Å²) < 4.78 is 0. The van der Waals surface area contributed by atoms with Crippen LogP contribution >= 0.6 is 11.3 Å². The molecule has 3 aromatic carbocycles. The van der Waals surface area contributed by atoms with E-state index in [-0.39, 0.29) is 5.91 Å². The lowest BCUT2D eigenvalue weighted by atomic mass is 10.1. The molecule has 0 aliphatic heterocycles. The summed E-state index contributed by atoms with van der Waals surface area (Å²) in [7, 11) is 0. The van der Waals surface area contributed by atoms with Crippen LogP contribution in [0, 0.1) is 6.92 Å². The molecule has 0 fully saturated rings. The predicted molar refractivity (Wildman–Crippen MR) is 124 cm³/mol. The number of carbonyl (C=O) groups excluding carboxylic acids is 1. The number of amides is 1. The smallest absolute Gasteiger partial charge is 0.256 e. The Balaban J connectivity index is 1.58. The molecule has 1 aromatic heterocycles. The van der Waals surface area contributed by atoms with Crippen LogP contribution in [0.1, 0.15) is 21.5 Å². The molecule has 4 rings (SSSR count). The Bertz CT molecular complexity index is 1150. The lowest BCUT2D eigenvalue weighted by Crippen LogP contribution is -2.11. The number of hydrogen-bond acceptors (Lipinski definition) is 5. The minimum atomic E-state index is -0.171. The van der Waals surface area contributed by atoms with Crippen molar-refractivity contribution in [1.29, 1.82) is 0 Å². The highest BCUT2D eigenvalue weighted by molar-refractivity contribution is 7.20. The van der Waals surface area contributed by atoms with Crippen LogP contribution in [0.4, 0.5) is 10.1 Å². The van der Waals surface area contributed by atoms with Crippen LogP contribution in [0.3, 0.4) is 0 Å². The van der Waals surface area contributed by atoms with Crippen LogP contribution in [-0.2, 0) is 0 Å². The Kier molecular flexibility index (Phi) is 5.96. The minimum absolute atomic E-state index is 0.171. The van der Waals surface area contributed by atoms with Crippen LogP contribution in [0.2, 0.25) is 0 Å². The Hall–Kier alpha value is -3.77. The van der Waals surface area contributed by atoms with E-state index in [9.17, 15) is 4.79 Å². The van der Waals surface area contributed by atoms with E-state index in [1.54, 1.807) is 6.21 Å². The number of nitrogens with one attached hydrogen (secondary N) is 2. The molecule has 0 bridgehead atoms. The van der Waals surface area contributed by atoms with E-state index in [1.165, 1.54) is 11.3 Å². The van der Waals surface area contributed by atoms with E-state index in [0.717, 1.165) is 16.7 Å². The number of carbonyl (C=O) groups is 1. The molecule has 1 amide bonds. The number of hydrazone groups is 1. The van der Waals surface area contributed by atoms with Gasteiger partial charge in [0.1, 0.15) is 10.7 Å². The summed E-state index contributed by atoms with van der Waals surface area (Å²) >= 11 is 1.35. The molecule has 0 unspecified atom stereocenters. The van der Waals surface area contributed by atoms with Gasteiger partial charge in [0.15, 0.2) is 0 Å². The van der Waals surface area contributed by atoms with Crippen molar-refractivity contribution < 1.29 is 4.79 Å². The average molecular weight is 413 g/mol. The second kappa shape index (κ2) is 9.15. The summed E-state index contributed by atoms with van der Waals surface area (Å²) in [5.74, 6) is -0.171. The molecule has 4 aromatic rings. The maximum atomic E-state index is 12.7. The molecular weight excluding hydrogens is 392 g/mol. The van der Waals surface area contributed by atoms with Gasteiger partial charge in [-0.3, -0.25) is 10.2 Å². The number of hydrogen-bond donors (Lipinski definition) is 2. The van der Waals surface area contributed by atoms with Gasteiger partial charge in [0.05, 0.1) is 6.21 Å². The van der Waals surface area contributed by atoms with Crippen LogP contribution < -0.4 is 10.7 Å². The van der Waals surface area contributed by atoms with Crippen molar-refractivity contribution in [2.24, 2.45) is 5.10 Å². The quantitative estimate of drug-likeness (QED) is 0.310. The first-order valence-electron chi connectivity index (χ1n) is 9.47. The zero-order chi connectivity index (χ0) is 20.8. The topological polar surface area (TPSA) is 66.4 Å². The van der Waals surface area contributed by atoms with Crippen molar-refractivity contribution in [1.82, 2.24) is 4.98 Å². The van der Waals surface area contributed by atoms with Gasteiger partial charge in [-0.1, -0.05) is 89.7 Å². The van der Waals surface area contributed by atoms with Gasteiger partial charge in [-0.25, -0.2) is 4.98 Å². The van der Waals surface area contributed by atoms with Crippen molar-refractivity contribution >= 4 is 33.6 Å². The normalized spacial score (nSPS) is 10.8. The average Bonchev–Trinajstić information content (AvgIpc) is 3.18. The van der Waals surface area contributed by atoms with E-state index >= 15 is 0 Å². The molecule has 148 valence electrons. The van der Waals surface area contributed by atoms with Gasteiger partial charge in [-0.15, -0.1) is 0 Å². The fourth-order valence-corrected chi connectivity index (χ4v) is 3.66. The van der Waals surface area contributed by atoms with E-state index in [0.29, 0.717) is 21.4 Å². The van der Waals surface area contributed by atoms with E-state index in [2.05, 4.69) is 20.8 Å². The summed E-state index contributed by atoms with van der Waals surface area (Å²) in [5, 5.41) is 8.53. The fourth-order valence-electron chi connectivity index (χ4n) is 2.83. The molecule has 0 saturated heterocycles. The van der Waals surface area contributed by atoms with Crippen LogP contribution in [-0.4, -0.2) is 17.1 Å². The Morgan fingerprint density at radius 3 is 2.30 bits per heavy atom. The highest BCUT2D eigenvalue weighted by Crippen LogP contribution is 2.36. The standard InChI is InChI=1S/C24H20N4OS/c1-17-12-14-20(15-13-17)22(29)27-23-21(19-10-6-3-7-11-19)26-24(30-23)28-25-16-18-8-4-2-5-9-18/h2-16H,1H3,(H,26,28)(H,27,29)/b25-16+. The SMILES string of the molecule is Cc1ccc(C(=O)Nc2sc(N/N=C/c3ccccc3)nc2-c2ccccc2)cc1. The highest BCUT2D eigenvalue weighted by atomic mass is 32.1. The highest BCUT2D eigenvalue weighted by Gasteiger charge is 2.16. The van der Waals surface area contributed by atoms with Gasteiger partial charge in [0.25, 0.3) is 5.91 Å². The Labute approximate surface area is 179 Å². The second-order valence-corrected chi connectivity index (χ2v) is 7.66. The molecule has 1 heterocycles. The molecule has 5 nitrogen and oxygen atoms in total. The van der Waals surface area contributed by atoms with Gasteiger partial charge in [-0.2, -0.15) is 5.10 Å². The molecule has 30 heavy (non-hydrogen) atoms. The molecule has 0 atom stereocenters. The summed E-state index contributed by atoms with van der Waals surface area (Å²) in [4.78, 5) is 17.4. The maximum Gasteiger partial charge on any atom is 0.256 e. The predicted octanol–water partition coefficient (Wildman–Crippen LogP) is 5.82. The number of aryl methyl sites for hydroxylation is 1. The minimum Gasteiger partial charge on any atom is -0.312 e. The van der Waals surface area contributed by atoms with Crippen molar-refractivity contribution in [3.8, 4) is 11.3 Å². The number of benzene rings is 3. The monoisotopic (exact) mass is 412 g/mol. The lowest BCUT2D eigenvalue weighted by Gasteiger charge is -2.05. The summed E-state index contributed by atoms with van der Waals surface area (Å²) in [6, 6.07) is 27.1. The largest absolute Gasteiger partial charge is 0.312 e. The molecular formula is C24H20N4OS. The van der Waals surface area contributed by atoms with E-state index < -0.39 is 0 Å². The van der Waals surface area contributed by atoms with Gasteiger partial charge in [-0.05, 0) is 24.6 Å². The molecule has 2 N–H and O–H groups in total. The van der Waals surface area contributed by atoms with Gasteiger partial charge in [0, 0.05) is 11.1 Å². The number of rotatable bonds is 6. The zero-order valence-corrected chi connectivity index (χ0v) is 17.2. The number of thiazole rings is 1. The third-order valence-corrected chi connectivity index (χ3v) is 5.26. The first kappa shape index (κ1) is 19.5. The number of anilines is 2. The van der Waals surface area contributed by atoms with Crippen LogP contribution in [0.15, 0.2) is 90.0 Å². The van der Waals surface area contributed by atoms with E-state index in [4.69, 9.17) is 0 Å². The summed E-state index contributed by atoms with van der Waals surface area (Å²) in [6.07, 6.45) is 1.73. The molecule has 0 aliphatic carbocycles. The molecule has 0 aliphatic rings. The lowest BCUT2D eigenvalue weighted by molar-refractivity contribution is 0.102. The molecule has 0 radical (unpaired) electrons. The van der Waals surface area contributed by atoms with Gasteiger partial charge >= 0.3 is 0 Å². The van der Waals surface area contributed by atoms with Crippen LogP contribution in [0.5, 0.6) is 0 Å². The third-order valence-electron chi connectivity index (χ3n) is 4.39. The first-order chi connectivity index (χ1) is 14.7. The molecule has 0 saturated carbocycles. The summed E-state index contributed by atoms with van der Waals surface area (Å²) in [6.45, 7) is 1.99. The molecule has 0 spiro atoms. The van der Waals surface area contributed by atoms with Crippen molar-refractivity contribution in [2.75, 3.05) is 10.7 Å². The second-order valence-electron chi connectivity index (χ2n) is 6.66. The Morgan fingerprint density at radius 2 is 1.60 bits per heavy atom. The summed E-state index contributed by atoms with van der Waals surface area (Å²) in [5.41, 5.74) is 7.29. The van der Waals surface area contributed by atoms with Crippen molar-refractivity contribution in [3.05, 3.63) is 102 Å². The van der Waals surface area contributed by atoms with Crippen LogP contribution in [0.25, 0.3) is 11.3 Å². The van der Waals surface area contributed by atoms with Gasteiger partial charge < -0.3 is 5.32 Å². The fraction of sp³-hybridized carbons (Fsp3) is 0.0417. The number of nitrogens with zero attached hydrogens (tertiary/aromatic N) is 2. The zero-order valence-electron chi connectivity index (χ0n) is 16.4. The first-order valence-corrected chi connectivity index (χ1v) is 10.3. The molecule has 6 heteroatoms. The Morgan fingerprint density at radius 1 is 0.933 bits per heavy atom. The van der Waals surface area contributed by atoms with Crippen molar-refractivity contribution in [2.45, 2.75) is 6.92 Å². The maximum absolute atomic E-state index is 12.7. The third kappa shape index (κ3) is 4.79. The van der Waals surface area contributed by atoms with Crippen molar-refractivity contribution in [3.63, 3.8) is 0 Å². The van der Waals surface area contributed by atoms with Gasteiger partial charge in [0.2, 0.25) is 5.13 Å².